The fourth-order valence-corrected chi connectivity index (χ4v) is 4.02. The Morgan fingerprint density at radius 2 is 1.67 bits per heavy atom. The van der Waals surface area contributed by atoms with Gasteiger partial charge < -0.3 is 14.2 Å². The maximum Gasteiger partial charge on any atom is 0.281 e. The molecule has 0 spiro atoms. The molecule has 176 valence electrons. The Labute approximate surface area is 193 Å². The van der Waals surface area contributed by atoms with Crippen LogP contribution in [0.2, 0.25) is 0 Å². The number of rotatable bonds is 15. The maximum atomic E-state index is 13.2. The van der Waals surface area contributed by atoms with Crippen LogP contribution in [0.25, 0.3) is 10.4 Å². The zero-order chi connectivity index (χ0) is 23.9. The van der Waals surface area contributed by atoms with Crippen LogP contribution in [-0.2, 0) is 24.2 Å². The third kappa shape index (κ3) is 8.69. The second kappa shape index (κ2) is 14.1. The number of anilines is 1. The zero-order valence-electron chi connectivity index (χ0n) is 18.3. The number of sulfonamides is 1. The summed E-state index contributed by atoms with van der Waals surface area (Å²) in [7, 11) is -3.95. The van der Waals surface area contributed by atoms with E-state index in [1.165, 1.54) is 22.6 Å². The monoisotopic (exact) mass is 474 g/mol. The summed E-state index contributed by atoms with van der Waals surface area (Å²) in [4.78, 5) is 6.57. The van der Waals surface area contributed by atoms with Gasteiger partial charge in [-0.05, 0) is 36.7 Å². The summed E-state index contributed by atoms with van der Waals surface area (Å²) in [6.45, 7) is 4.11. The molecule has 0 aliphatic rings. The predicted octanol–water partition coefficient (Wildman–Crippen LogP) is 2.82. The molecule has 0 radical (unpaired) electrons. The highest BCUT2D eigenvalue weighted by Gasteiger charge is 2.26. The number of nitrogens with zero attached hydrogens (tertiary/aromatic N) is 6. The third-order valence-corrected chi connectivity index (χ3v) is 6.07. The van der Waals surface area contributed by atoms with Gasteiger partial charge in [-0.2, -0.15) is 13.7 Å². The third-order valence-electron chi connectivity index (χ3n) is 4.32. The van der Waals surface area contributed by atoms with Gasteiger partial charge >= 0.3 is 0 Å². The first kappa shape index (κ1) is 26.1. The van der Waals surface area contributed by atoms with Crippen LogP contribution in [0.1, 0.15) is 11.1 Å². The van der Waals surface area contributed by atoms with E-state index in [9.17, 15) is 8.42 Å². The number of pyridine rings is 1. The highest BCUT2D eigenvalue weighted by atomic mass is 32.2. The Hall–Kier alpha value is -3.20. The van der Waals surface area contributed by atoms with Crippen molar-refractivity contribution in [1.29, 1.82) is 5.26 Å². The Morgan fingerprint density at radius 1 is 1.03 bits per heavy atom. The molecule has 1 aromatic heterocycles. The average molecular weight is 475 g/mol. The Balaban J connectivity index is 1.88. The van der Waals surface area contributed by atoms with Gasteiger partial charge in [0.15, 0.2) is 5.03 Å². The maximum absolute atomic E-state index is 13.2. The van der Waals surface area contributed by atoms with Gasteiger partial charge in [0.05, 0.1) is 57.4 Å². The molecule has 0 saturated carbocycles. The fourth-order valence-electron chi connectivity index (χ4n) is 2.65. The summed E-state index contributed by atoms with van der Waals surface area (Å²) in [5, 5.41) is 12.1. The molecule has 0 amide bonds. The molecule has 0 aliphatic carbocycles. The minimum Gasteiger partial charge on any atom is -0.379 e. The zero-order valence-corrected chi connectivity index (χ0v) is 19.1. The van der Waals surface area contributed by atoms with Crippen LogP contribution in [-0.4, -0.2) is 66.1 Å². The fraction of sp³-hybridized carbons (Fsp3) is 0.429. The number of hydrogen-bond acceptors (Lipinski definition) is 8. The van der Waals surface area contributed by atoms with Crippen LogP contribution < -0.4 is 4.31 Å². The van der Waals surface area contributed by atoms with Crippen molar-refractivity contribution in [1.82, 2.24) is 4.98 Å². The van der Waals surface area contributed by atoms with Crippen LogP contribution in [0, 0.1) is 18.3 Å². The van der Waals surface area contributed by atoms with Crippen molar-refractivity contribution in [2.45, 2.75) is 11.9 Å². The molecule has 33 heavy (non-hydrogen) atoms. The first-order valence-corrected chi connectivity index (χ1v) is 11.6. The molecule has 11 nitrogen and oxygen atoms in total. The Kier molecular flexibility index (Phi) is 11.1. The van der Waals surface area contributed by atoms with Crippen molar-refractivity contribution in [2.24, 2.45) is 5.11 Å². The van der Waals surface area contributed by atoms with Gasteiger partial charge in [0.1, 0.15) is 6.07 Å². The largest absolute Gasteiger partial charge is 0.379 e. The molecule has 0 unspecified atom stereocenters. The van der Waals surface area contributed by atoms with Crippen molar-refractivity contribution in [3.63, 3.8) is 0 Å². The molecule has 0 atom stereocenters. The van der Waals surface area contributed by atoms with E-state index in [4.69, 9.17) is 25.0 Å². The molecule has 2 rings (SSSR count). The summed E-state index contributed by atoms with van der Waals surface area (Å²) in [5.74, 6) is 0. The van der Waals surface area contributed by atoms with E-state index in [0.29, 0.717) is 32.1 Å². The molecule has 1 heterocycles. The summed E-state index contributed by atoms with van der Waals surface area (Å²) in [6, 6.07) is 11.8. The van der Waals surface area contributed by atoms with Crippen molar-refractivity contribution >= 4 is 15.7 Å². The minimum atomic E-state index is -3.95. The van der Waals surface area contributed by atoms with Crippen molar-refractivity contribution in [2.75, 3.05) is 57.0 Å². The number of aromatic nitrogens is 1. The lowest BCUT2D eigenvalue weighted by Gasteiger charge is -2.24. The van der Waals surface area contributed by atoms with E-state index < -0.39 is 10.0 Å². The molecule has 12 heteroatoms. The second-order valence-corrected chi connectivity index (χ2v) is 8.51. The molecule has 1 aromatic carbocycles. The molecule has 2 aromatic rings. The van der Waals surface area contributed by atoms with Gasteiger partial charge in [0, 0.05) is 17.7 Å². The van der Waals surface area contributed by atoms with E-state index in [-0.39, 0.29) is 36.9 Å². The van der Waals surface area contributed by atoms with E-state index in [2.05, 4.69) is 15.0 Å². The predicted molar refractivity (Wildman–Crippen MR) is 121 cm³/mol. The molecule has 0 saturated heterocycles. The highest BCUT2D eigenvalue weighted by Crippen LogP contribution is 2.23. The Morgan fingerprint density at radius 3 is 2.24 bits per heavy atom. The molecular formula is C21H26N6O5S. The van der Waals surface area contributed by atoms with Crippen molar-refractivity contribution in [3.8, 4) is 6.07 Å². The number of hydrogen-bond donors (Lipinski definition) is 0. The lowest BCUT2D eigenvalue weighted by atomic mass is 10.2. The van der Waals surface area contributed by atoms with E-state index in [1.807, 2.05) is 25.1 Å². The first-order valence-electron chi connectivity index (χ1n) is 10.2. The van der Waals surface area contributed by atoms with E-state index >= 15 is 0 Å². The molecule has 0 N–H and O–H groups in total. The van der Waals surface area contributed by atoms with Gasteiger partial charge in [0.2, 0.25) is 0 Å². The molecule has 0 bridgehead atoms. The molecular weight excluding hydrogens is 448 g/mol. The molecule has 0 aliphatic heterocycles. The van der Waals surface area contributed by atoms with Gasteiger partial charge in [-0.3, -0.25) is 4.31 Å². The van der Waals surface area contributed by atoms with Gasteiger partial charge in [0.25, 0.3) is 10.0 Å². The quantitative estimate of drug-likeness (QED) is 0.167. The smallest absolute Gasteiger partial charge is 0.281 e. The molecule has 0 fully saturated rings. The number of azide groups is 1. The van der Waals surface area contributed by atoms with Crippen molar-refractivity contribution < 1.29 is 22.6 Å². The Bertz CT molecular complexity index is 1050. The highest BCUT2D eigenvalue weighted by molar-refractivity contribution is 7.92. The number of benzene rings is 1. The normalized spacial score (nSPS) is 10.9. The van der Waals surface area contributed by atoms with E-state index in [1.54, 1.807) is 12.1 Å². The topological polar surface area (TPSA) is 151 Å². The summed E-state index contributed by atoms with van der Waals surface area (Å²) >= 11 is 0. The van der Waals surface area contributed by atoms with Gasteiger partial charge in [-0.1, -0.05) is 22.8 Å². The van der Waals surface area contributed by atoms with Crippen molar-refractivity contribution in [3.05, 3.63) is 64.2 Å². The van der Waals surface area contributed by atoms with Gasteiger partial charge in [-0.15, -0.1) is 0 Å². The number of nitriles is 1. The minimum absolute atomic E-state index is 0.0790. The summed E-state index contributed by atoms with van der Waals surface area (Å²) in [6.07, 6.45) is 1.23. The summed E-state index contributed by atoms with van der Waals surface area (Å²) < 4.78 is 43.8. The van der Waals surface area contributed by atoms with Crippen LogP contribution in [0.5, 0.6) is 0 Å². The van der Waals surface area contributed by atoms with Gasteiger partial charge in [-0.25, -0.2) is 4.98 Å². The average Bonchev–Trinajstić information content (AvgIpc) is 2.83. The standard InChI is InChI=1S/C21H26N6O5S/c1-18-2-5-20(6-3-18)27(33(28,29)21-7-4-19(16-22)17-24-21)9-11-31-13-15-32-14-12-30-10-8-25-26-23/h2-7,17H,8-15H2,1H3. The van der Waals surface area contributed by atoms with Crippen LogP contribution in [0.15, 0.2) is 52.7 Å². The van der Waals surface area contributed by atoms with Crippen LogP contribution in [0.3, 0.4) is 0 Å². The van der Waals surface area contributed by atoms with Crippen LogP contribution in [0.4, 0.5) is 5.69 Å². The summed E-state index contributed by atoms with van der Waals surface area (Å²) in [5.41, 5.74) is 9.93. The lowest BCUT2D eigenvalue weighted by Crippen LogP contribution is -2.35. The van der Waals surface area contributed by atoms with E-state index in [0.717, 1.165) is 5.56 Å². The number of ether oxygens (including phenoxy) is 3. The number of aryl methyl sites for hydroxylation is 1. The second-order valence-electron chi connectivity index (χ2n) is 6.70. The SMILES string of the molecule is Cc1ccc(N(CCOCCOCCOCCN=[N+]=[N-])S(=O)(=O)c2ccc(C#N)cn2)cc1. The van der Waals surface area contributed by atoms with Crippen LogP contribution >= 0.6 is 0 Å². The lowest BCUT2D eigenvalue weighted by molar-refractivity contribution is 0.0176. The first-order chi connectivity index (χ1) is 16.0.